The monoisotopic (exact) mass is 503 g/mol. The molecule has 0 saturated heterocycles. The maximum absolute atomic E-state index is 13.5. The number of hydrogen-bond donors (Lipinski definition) is 2. The third kappa shape index (κ3) is 4.90. The maximum atomic E-state index is 13.5. The molecule has 2 aliphatic carbocycles. The van der Waals surface area contributed by atoms with E-state index in [2.05, 4.69) is 50.4 Å². The van der Waals surface area contributed by atoms with Crippen LogP contribution in [0.2, 0.25) is 0 Å². The molecule has 9 heteroatoms. The normalized spacial score (nSPS) is 19.7. The number of amides is 1. The van der Waals surface area contributed by atoms with E-state index in [-0.39, 0.29) is 17.5 Å². The van der Waals surface area contributed by atoms with Gasteiger partial charge in [0.1, 0.15) is 6.33 Å². The minimum absolute atomic E-state index is 0.144. The van der Waals surface area contributed by atoms with Crippen LogP contribution in [0.15, 0.2) is 48.9 Å². The third-order valence-corrected chi connectivity index (χ3v) is 7.53. The average molecular weight is 504 g/mol. The van der Waals surface area contributed by atoms with Crippen LogP contribution in [0.1, 0.15) is 66.5 Å². The van der Waals surface area contributed by atoms with Crippen molar-refractivity contribution in [2.24, 2.45) is 5.92 Å². The van der Waals surface area contributed by atoms with Gasteiger partial charge in [0.25, 0.3) is 5.91 Å². The highest BCUT2D eigenvalue weighted by Gasteiger charge is 2.26. The van der Waals surface area contributed by atoms with Gasteiger partial charge >= 0.3 is 0 Å². The molecule has 6 rings (SSSR count). The Bertz CT molecular complexity index is 1450. The molecule has 0 spiro atoms. The molecular weight excluding hydrogens is 476 g/mol. The molecule has 0 unspecified atom stereocenters. The van der Waals surface area contributed by atoms with Crippen molar-refractivity contribution < 1.29 is 18.7 Å². The predicted octanol–water partition coefficient (Wildman–Crippen LogP) is 5.52. The molecule has 2 N–H and O–H groups in total. The topological polar surface area (TPSA) is 92.9 Å². The summed E-state index contributed by atoms with van der Waals surface area (Å²) in [5, 5.41) is 17.9. The molecule has 0 bridgehead atoms. The zero-order valence-electron chi connectivity index (χ0n) is 20.2. The first-order valence-corrected chi connectivity index (χ1v) is 12.7. The second kappa shape index (κ2) is 9.53. The Morgan fingerprint density at radius 1 is 1.00 bits per heavy atom. The number of phenolic OH excluding ortho intramolecular Hbond substituents is 1. The van der Waals surface area contributed by atoms with Crippen LogP contribution in [-0.4, -0.2) is 37.3 Å². The first kappa shape index (κ1) is 23.5. The van der Waals surface area contributed by atoms with Gasteiger partial charge in [-0.3, -0.25) is 9.48 Å². The Morgan fingerprint density at radius 3 is 2.49 bits per heavy atom. The van der Waals surface area contributed by atoms with Gasteiger partial charge in [0, 0.05) is 40.9 Å². The minimum Gasteiger partial charge on any atom is -0.503 e. The lowest BCUT2D eigenvalue weighted by Crippen LogP contribution is -2.31. The van der Waals surface area contributed by atoms with Crippen molar-refractivity contribution >= 4 is 16.8 Å². The van der Waals surface area contributed by atoms with E-state index in [0.29, 0.717) is 12.5 Å². The van der Waals surface area contributed by atoms with E-state index in [1.165, 1.54) is 12.8 Å². The molecule has 37 heavy (non-hydrogen) atoms. The van der Waals surface area contributed by atoms with Gasteiger partial charge in [0.05, 0.1) is 17.3 Å². The lowest BCUT2D eigenvalue weighted by Gasteiger charge is -2.28. The van der Waals surface area contributed by atoms with Crippen LogP contribution in [0.25, 0.3) is 22.2 Å². The summed E-state index contributed by atoms with van der Waals surface area (Å²) < 4.78 is 29.2. The first-order chi connectivity index (χ1) is 17.9. The van der Waals surface area contributed by atoms with Gasteiger partial charge in [0.2, 0.25) is 0 Å². The van der Waals surface area contributed by atoms with Gasteiger partial charge in [-0.1, -0.05) is 12.1 Å². The summed E-state index contributed by atoms with van der Waals surface area (Å²) in [6.45, 7) is 0.432. The summed E-state index contributed by atoms with van der Waals surface area (Å²) in [5.41, 5.74) is 3.87. The second-order valence-electron chi connectivity index (χ2n) is 10.2. The van der Waals surface area contributed by atoms with Crippen LogP contribution in [0, 0.1) is 17.6 Å². The molecule has 2 aromatic carbocycles. The highest BCUT2D eigenvalue weighted by atomic mass is 19.1. The van der Waals surface area contributed by atoms with Gasteiger partial charge in [-0.05, 0) is 68.7 Å². The molecule has 0 radical (unpaired) electrons. The zero-order valence-corrected chi connectivity index (χ0v) is 20.2. The van der Waals surface area contributed by atoms with E-state index >= 15 is 0 Å². The average Bonchev–Trinajstić information content (AvgIpc) is 3.69. The SMILES string of the molecule is O=C(NCC1CCC(n2cc3ccc(-c4cc(C5CC5)ncn4)cc3n2)CC1)c1cc(F)c(O)c(F)c1. The van der Waals surface area contributed by atoms with Gasteiger partial charge in [-0.25, -0.2) is 18.7 Å². The number of aromatic nitrogens is 4. The molecule has 1 amide bonds. The summed E-state index contributed by atoms with van der Waals surface area (Å²) in [6, 6.07) is 10.3. The number of rotatable bonds is 6. The Balaban J connectivity index is 1.07. The highest BCUT2D eigenvalue weighted by molar-refractivity contribution is 5.94. The van der Waals surface area contributed by atoms with E-state index in [0.717, 1.165) is 65.7 Å². The van der Waals surface area contributed by atoms with E-state index < -0.39 is 23.3 Å². The van der Waals surface area contributed by atoms with E-state index in [9.17, 15) is 18.7 Å². The Hall–Kier alpha value is -3.88. The number of phenols is 1. The Morgan fingerprint density at radius 2 is 1.76 bits per heavy atom. The zero-order chi connectivity index (χ0) is 25.5. The molecule has 2 heterocycles. The van der Waals surface area contributed by atoms with Crippen LogP contribution in [0.3, 0.4) is 0 Å². The van der Waals surface area contributed by atoms with Crippen LogP contribution in [-0.2, 0) is 0 Å². The number of nitrogens with zero attached hydrogens (tertiary/aromatic N) is 4. The molecule has 7 nitrogen and oxygen atoms in total. The molecule has 2 fully saturated rings. The van der Waals surface area contributed by atoms with Crippen molar-refractivity contribution in [2.45, 2.75) is 50.5 Å². The third-order valence-electron chi connectivity index (χ3n) is 7.53. The highest BCUT2D eigenvalue weighted by Crippen LogP contribution is 2.39. The number of hydrogen-bond acceptors (Lipinski definition) is 5. The molecule has 2 aromatic heterocycles. The molecule has 0 atom stereocenters. The predicted molar refractivity (Wildman–Crippen MR) is 134 cm³/mol. The maximum Gasteiger partial charge on any atom is 0.251 e. The molecule has 4 aromatic rings. The van der Waals surface area contributed by atoms with Gasteiger partial charge in [-0.15, -0.1) is 0 Å². The van der Waals surface area contributed by atoms with Crippen molar-refractivity contribution in [3.63, 3.8) is 0 Å². The standard InChI is InChI=1S/C28H27F2N5O2/c29-22-9-20(10-23(30)27(22)36)28(37)31-13-16-1-7-21(8-2-16)35-14-19-6-5-18(11-26(19)34-35)25-12-24(17-3-4-17)32-15-33-25/h5-6,9-12,14-17,21,36H,1-4,7-8,13H2,(H,31,37). The molecular formula is C28H27F2N5O2. The second-order valence-corrected chi connectivity index (χ2v) is 10.2. The lowest BCUT2D eigenvalue weighted by molar-refractivity contribution is 0.0940. The summed E-state index contributed by atoms with van der Waals surface area (Å²) in [7, 11) is 0. The number of fused-ring (bicyclic) bond motifs is 1. The van der Waals surface area contributed by atoms with Crippen LogP contribution >= 0.6 is 0 Å². The van der Waals surface area contributed by atoms with E-state index in [4.69, 9.17) is 5.10 Å². The van der Waals surface area contributed by atoms with Crippen molar-refractivity contribution in [2.75, 3.05) is 6.54 Å². The minimum atomic E-state index is -1.15. The van der Waals surface area contributed by atoms with E-state index in [1.54, 1.807) is 6.33 Å². The Labute approximate surface area is 212 Å². The summed E-state index contributed by atoms with van der Waals surface area (Å²) in [5.74, 6) is -3.07. The van der Waals surface area contributed by atoms with Crippen LogP contribution < -0.4 is 5.32 Å². The molecule has 190 valence electrons. The number of carbonyl (C=O) groups is 1. The summed E-state index contributed by atoms with van der Waals surface area (Å²) >= 11 is 0. The smallest absolute Gasteiger partial charge is 0.251 e. The van der Waals surface area contributed by atoms with Crippen molar-refractivity contribution in [1.29, 1.82) is 0 Å². The number of benzene rings is 2. The van der Waals surface area contributed by atoms with Gasteiger partial charge in [0.15, 0.2) is 17.4 Å². The van der Waals surface area contributed by atoms with Crippen LogP contribution in [0.4, 0.5) is 8.78 Å². The van der Waals surface area contributed by atoms with Crippen molar-refractivity contribution in [3.8, 4) is 17.0 Å². The van der Waals surface area contributed by atoms with Crippen molar-refractivity contribution in [3.05, 3.63) is 71.8 Å². The fourth-order valence-electron chi connectivity index (χ4n) is 5.16. The van der Waals surface area contributed by atoms with Crippen molar-refractivity contribution in [1.82, 2.24) is 25.1 Å². The number of nitrogens with one attached hydrogen (secondary N) is 1. The molecule has 0 aliphatic heterocycles. The fraction of sp³-hybridized carbons (Fsp3) is 0.357. The number of aromatic hydroxyl groups is 1. The van der Waals surface area contributed by atoms with Gasteiger partial charge < -0.3 is 10.4 Å². The quantitative estimate of drug-likeness (QED) is 0.362. The molecule has 2 saturated carbocycles. The van der Waals surface area contributed by atoms with Crippen LogP contribution in [0.5, 0.6) is 5.75 Å². The number of halogens is 2. The van der Waals surface area contributed by atoms with Gasteiger partial charge in [-0.2, -0.15) is 5.10 Å². The summed E-state index contributed by atoms with van der Waals surface area (Å²) in [6.07, 6.45) is 9.83. The number of carbonyl (C=O) groups excluding carboxylic acids is 1. The lowest BCUT2D eigenvalue weighted by atomic mass is 9.86. The first-order valence-electron chi connectivity index (χ1n) is 12.7. The summed E-state index contributed by atoms with van der Waals surface area (Å²) in [4.78, 5) is 21.2. The molecule has 2 aliphatic rings. The van der Waals surface area contributed by atoms with E-state index in [1.807, 2.05) is 0 Å². The fourth-order valence-corrected chi connectivity index (χ4v) is 5.16. The largest absolute Gasteiger partial charge is 0.503 e. The Kier molecular flexibility index (Phi) is 6.06.